The molecule has 0 aliphatic heterocycles. The summed E-state index contributed by atoms with van der Waals surface area (Å²) in [5.74, 6) is 1.68. The molecule has 0 atom stereocenters. The molecule has 1 aliphatic rings. The molecular weight excluding hydrogens is 458 g/mol. The predicted molar refractivity (Wildman–Crippen MR) is 142 cm³/mol. The summed E-state index contributed by atoms with van der Waals surface area (Å²) in [4.78, 5) is 12.4. The Labute approximate surface area is 210 Å². The van der Waals surface area contributed by atoms with E-state index in [1.54, 1.807) is 19.4 Å². The molecule has 0 radical (unpaired) electrons. The summed E-state index contributed by atoms with van der Waals surface area (Å²) in [6, 6.07) is 16.4. The molecule has 182 valence electrons. The van der Waals surface area contributed by atoms with E-state index in [1.807, 2.05) is 30.3 Å². The molecule has 0 unspecified atom stereocenters. The second-order valence-electron chi connectivity index (χ2n) is 8.54. The van der Waals surface area contributed by atoms with Crippen LogP contribution in [0.15, 0.2) is 64.9 Å². The van der Waals surface area contributed by atoms with Gasteiger partial charge in [0.05, 0.1) is 12.9 Å². The van der Waals surface area contributed by atoms with E-state index in [2.05, 4.69) is 56.5 Å². The number of aromatic nitrogens is 3. The average molecular weight is 490 g/mol. The van der Waals surface area contributed by atoms with E-state index in [0.717, 1.165) is 40.7 Å². The highest BCUT2D eigenvalue weighted by atomic mass is 32.2. The third-order valence-electron chi connectivity index (χ3n) is 6.01. The number of rotatable bonds is 9. The summed E-state index contributed by atoms with van der Waals surface area (Å²) in [6.07, 6.45) is 11.1. The molecule has 1 aromatic heterocycles. The molecule has 1 heterocycles. The molecule has 35 heavy (non-hydrogen) atoms. The largest absolute Gasteiger partial charge is 0.496 e. The first-order valence-electron chi connectivity index (χ1n) is 11.9. The fourth-order valence-corrected chi connectivity index (χ4v) is 5.01. The average Bonchev–Trinajstić information content (AvgIpc) is 3.32. The maximum atomic E-state index is 12.4. The molecule has 1 amide bonds. The summed E-state index contributed by atoms with van der Waals surface area (Å²) >= 11 is 1.40. The van der Waals surface area contributed by atoms with Crippen LogP contribution in [0, 0.1) is 6.92 Å². The number of nitrogens with one attached hydrogen (secondary N) is 1. The van der Waals surface area contributed by atoms with Crippen LogP contribution in [0.2, 0.25) is 0 Å². The molecule has 8 heteroatoms. The van der Waals surface area contributed by atoms with E-state index in [9.17, 15) is 4.79 Å². The molecule has 0 saturated heterocycles. The highest BCUT2D eigenvalue weighted by Crippen LogP contribution is 2.35. The van der Waals surface area contributed by atoms with Crippen molar-refractivity contribution in [1.82, 2.24) is 20.2 Å². The van der Waals surface area contributed by atoms with E-state index in [0.29, 0.717) is 6.04 Å². The predicted octanol–water partition coefficient (Wildman–Crippen LogP) is 5.67. The smallest absolute Gasteiger partial charge is 0.250 e. The van der Waals surface area contributed by atoms with Crippen molar-refractivity contribution >= 4 is 30.0 Å². The lowest BCUT2D eigenvalue weighted by molar-refractivity contribution is -0.118. The lowest BCUT2D eigenvalue weighted by Crippen LogP contribution is -2.20. The third kappa shape index (κ3) is 6.60. The van der Waals surface area contributed by atoms with E-state index in [1.165, 1.54) is 36.6 Å². The summed E-state index contributed by atoms with van der Waals surface area (Å²) in [6.45, 7) is 2.08. The number of amides is 1. The molecule has 7 nitrogen and oxygen atoms in total. The van der Waals surface area contributed by atoms with Crippen LogP contribution in [0.25, 0.3) is 17.5 Å². The Morgan fingerprint density at radius 2 is 1.91 bits per heavy atom. The van der Waals surface area contributed by atoms with Gasteiger partial charge >= 0.3 is 0 Å². The second kappa shape index (κ2) is 12.4. The first-order chi connectivity index (χ1) is 17.2. The lowest BCUT2D eigenvalue weighted by atomic mass is 9.95. The monoisotopic (exact) mass is 489 g/mol. The summed E-state index contributed by atoms with van der Waals surface area (Å²) < 4.78 is 7.56. The lowest BCUT2D eigenvalue weighted by Gasteiger charge is -2.25. The van der Waals surface area contributed by atoms with Gasteiger partial charge in [-0.3, -0.25) is 9.36 Å². The van der Waals surface area contributed by atoms with Gasteiger partial charge in [0.25, 0.3) is 5.91 Å². The minimum Gasteiger partial charge on any atom is -0.496 e. The topological polar surface area (TPSA) is 81.4 Å². The number of carbonyl (C=O) groups excluding carboxylic acids is 1. The highest BCUT2D eigenvalue weighted by Gasteiger charge is 2.24. The number of para-hydroxylation sites is 1. The quantitative estimate of drug-likeness (QED) is 0.238. The normalized spacial score (nSPS) is 14.6. The van der Waals surface area contributed by atoms with Crippen LogP contribution in [0.3, 0.4) is 0 Å². The Morgan fingerprint density at radius 1 is 1.14 bits per heavy atom. The molecule has 1 N–H and O–H groups in total. The van der Waals surface area contributed by atoms with Gasteiger partial charge in [-0.05, 0) is 38.0 Å². The van der Waals surface area contributed by atoms with E-state index >= 15 is 0 Å². The molecule has 3 aromatic rings. The van der Waals surface area contributed by atoms with E-state index in [4.69, 9.17) is 4.74 Å². The number of carbonyl (C=O) groups is 1. The number of thioether (sulfide) groups is 1. The Bertz CT molecular complexity index is 1180. The number of hydrogen-bond donors (Lipinski definition) is 1. The Morgan fingerprint density at radius 3 is 2.69 bits per heavy atom. The van der Waals surface area contributed by atoms with E-state index < -0.39 is 0 Å². The van der Waals surface area contributed by atoms with Gasteiger partial charge in [0, 0.05) is 23.4 Å². The molecular formula is C27H31N5O2S. The number of hydrazone groups is 1. The minimum atomic E-state index is -0.188. The van der Waals surface area contributed by atoms with Crippen LogP contribution in [-0.4, -0.2) is 39.7 Å². The Balaban J connectivity index is 1.38. The zero-order valence-corrected chi connectivity index (χ0v) is 21.0. The number of nitrogens with zero attached hydrogens (tertiary/aromatic N) is 4. The van der Waals surface area contributed by atoms with Gasteiger partial charge in [-0.15, -0.1) is 10.2 Å². The van der Waals surface area contributed by atoms with Crippen molar-refractivity contribution < 1.29 is 9.53 Å². The third-order valence-corrected chi connectivity index (χ3v) is 6.95. The van der Waals surface area contributed by atoms with Crippen LogP contribution < -0.4 is 10.2 Å². The molecule has 1 fully saturated rings. The van der Waals surface area contributed by atoms with Crippen molar-refractivity contribution in [1.29, 1.82) is 0 Å². The number of hydrogen-bond acceptors (Lipinski definition) is 6. The molecule has 4 rings (SSSR count). The van der Waals surface area contributed by atoms with Crippen molar-refractivity contribution in [2.75, 3.05) is 12.9 Å². The van der Waals surface area contributed by atoms with E-state index in [-0.39, 0.29) is 11.7 Å². The Hall–Kier alpha value is -3.39. The number of methoxy groups -OCH3 is 1. The summed E-state index contributed by atoms with van der Waals surface area (Å²) in [5.41, 5.74) is 5.78. The summed E-state index contributed by atoms with van der Waals surface area (Å²) in [7, 11) is 1.64. The molecule has 0 spiro atoms. The molecule has 2 aromatic carbocycles. The molecule has 0 bridgehead atoms. The van der Waals surface area contributed by atoms with Gasteiger partial charge in [-0.1, -0.05) is 79.1 Å². The van der Waals surface area contributed by atoms with Crippen molar-refractivity contribution in [2.24, 2.45) is 5.10 Å². The number of allylic oxidation sites excluding steroid dienone is 1. The van der Waals surface area contributed by atoms with Gasteiger partial charge in [0.15, 0.2) is 11.0 Å². The van der Waals surface area contributed by atoms with Crippen LogP contribution in [0.5, 0.6) is 5.75 Å². The molecule has 1 aliphatic carbocycles. The van der Waals surface area contributed by atoms with Gasteiger partial charge in [-0.2, -0.15) is 5.10 Å². The fourth-order valence-electron chi connectivity index (χ4n) is 4.21. The number of benzene rings is 2. The van der Waals surface area contributed by atoms with Crippen LogP contribution >= 0.6 is 11.8 Å². The van der Waals surface area contributed by atoms with Crippen LogP contribution in [0.1, 0.15) is 49.3 Å². The zero-order valence-electron chi connectivity index (χ0n) is 20.2. The maximum absolute atomic E-state index is 12.4. The van der Waals surface area contributed by atoms with Crippen molar-refractivity contribution in [2.45, 2.75) is 50.2 Å². The fraction of sp³-hybridized carbons (Fsp3) is 0.333. The van der Waals surface area contributed by atoms with Gasteiger partial charge in [0.1, 0.15) is 5.75 Å². The van der Waals surface area contributed by atoms with Crippen molar-refractivity contribution in [3.63, 3.8) is 0 Å². The highest BCUT2D eigenvalue weighted by molar-refractivity contribution is 7.99. The van der Waals surface area contributed by atoms with Gasteiger partial charge < -0.3 is 4.74 Å². The van der Waals surface area contributed by atoms with Crippen LogP contribution in [0.4, 0.5) is 0 Å². The maximum Gasteiger partial charge on any atom is 0.250 e. The van der Waals surface area contributed by atoms with Gasteiger partial charge in [0.2, 0.25) is 0 Å². The number of ether oxygens (including phenoxy) is 1. The van der Waals surface area contributed by atoms with Crippen molar-refractivity contribution in [3.05, 3.63) is 65.7 Å². The SMILES string of the molecule is COc1ccccc1/C=C/C=N/NC(=O)CSc1nnc(-c2ccc(C)cc2)n1C1CCCCC1. The number of aryl methyl sites for hydroxylation is 1. The minimum absolute atomic E-state index is 0.188. The van der Waals surface area contributed by atoms with Crippen LogP contribution in [-0.2, 0) is 4.79 Å². The zero-order chi connectivity index (χ0) is 24.5. The summed E-state index contributed by atoms with van der Waals surface area (Å²) in [5, 5.41) is 13.8. The van der Waals surface area contributed by atoms with Crippen molar-refractivity contribution in [3.8, 4) is 17.1 Å². The second-order valence-corrected chi connectivity index (χ2v) is 9.48. The first kappa shape index (κ1) is 24.7. The molecule has 1 saturated carbocycles. The van der Waals surface area contributed by atoms with Gasteiger partial charge in [-0.25, -0.2) is 5.43 Å². The Kier molecular flexibility index (Phi) is 8.73. The standard InChI is InChI=1S/C27H31N5O2S/c1-20-14-16-22(17-15-20)26-30-31-27(32(26)23-11-4-3-5-12-23)35-19-25(33)29-28-18-8-10-21-9-6-7-13-24(21)34-2/h6-10,13-18,23H,3-5,11-12,19H2,1-2H3,(H,29,33)/b10-8+,28-18+. The first-order valence-corrected chi connectivity index (χ1v) is 12.9.